The molecule has 5 rings (SSSR count). The van der Waals surface area contributed by atoms with Gasteiger partial charge in [-0.15, -0.1) is 0 Å². The Morgan fingerprint density at radius 3 is 2.19 bits per heavy atom. The van der Waals surface area contributed by atoms with Crippen LogP contribution in [0.2, 0.25) is 0 Å². The minimum Gasteiger partial charge on any atom is -0.328 e. The fraction of sp³-hybridized carbons (Fsp3) is 0.296. The maximum Gasteiger partial charge on any atom is 0.299 e. The minimum atomic E-state index is -0.315. The number of nitro benzene ring substituents is 1. The van der Waals surface area contributed by atoms with E-state index in [1.807, 2.05) is 19.1 Å². The lowest BCUT2D eigenvalue weighted by atomic mass is 9.76. The summed E-state index contributed by atoms with van der Waals surface area (Å²) in [6.07, 6.45) is 3.12. The molecule has 0 fully saturated rings. The fourth-order valence-corrected chi connectivity index (χ4v) is 5.47. The van der Waals surface area contributed by atoms with Gasteiger partial charge in [-0.05, 0) is 55.0 Å². The van der Waals surface area contributed by atoms with Gasteiger partial charge >= 0.3 is 0 Å². The van der Waals surface area contributed by atoms with Crippen LogP contribution >= 0.6 is 0 Å². The van der Waals surface area contributed by atoms with Crippen molar-refractivity contribution in [3.8, 4) is 11.1 Å². The normalized spacial score (nSPS) is 13.8. The van der Waals surface area contributed by atoms with Crippen LogP contribution in [0.4, 0.5) is 5.69 Å². The molecule has 1 aliphatic rings. The van der Waals surface area contributed by atoms with Crippen LogP contribution in [0.1, 0.15) is 48.7 Å². The van der Waals surface area contributed by atoms with Crippen molar-refractivity contribution in [1.82, 2.24) is 9.55 Å². The van der Waals surface area contributed by atoms with Crippen LogP contribution in [-0.4, -0.2) is 14.5 Å². The smallest absolute Gasteiger partial charge is 0.299 e. The molecule has 0 radical (unpaired) electrons. The van der Waals surface area contributed by atoms with Crippen molar-refractivity contribution in [1.29, 1.82) is 0 Å². The standard InChI is InChI=1S/C27H27N3O2/c1-18-14-15-24-25(26(18)30(31)32)28-19(2)29(24)17-9-8-16-27(3)22-12-6-4-10-20(22)21-11-5-7-13-23(21)27/h4-7,10-15H,8-9,16-17H2,1-3H3. The van der Waals surface area contributed by atoms with E-state index in [-0.39, 0.29) is 16.0 Å². The molecule has 162 valence electrons. The van der Waals surface area contributed by atoms with E-state index >= 15 is 0 Å². The lowest BCUT2D eigenvalue weighted by molar-refractivity contribution is -0.383. The lowest BCUT2D eigenvalue weighted by Crippen LogP contribution is -2.20. The molecule has 5 nitrogen and oxygen atoms in total. The molecular weight excluding hydrogens is 398 g/mol. The van der Waals surface area contributed by atoms with E-state index in [0.29, 0.717) is 11.1 Å². The molecule has 0 saturated heterocycles. The maximum atomic E-state index is 11.6. The van der Waals surface area contributed by atoms with Crippen LogP contribution < -0.4 is 0 Å². The highest BCUT2D eigenvalue weighted by atomic mass is 16.6. The molecule has 0 bridgehead atoms. The van der Waals surface area contributed by atoms with E-state index in [2.05, 4.69) is 65.0 Å². The summed E-state index contributed by atoms with van der Waals surface area (Å²) in [5.41, 5.74) is 7.66. The van der Waals surface area contributed by atoms with Gasteiger partial charge in [0.2, 0.25) is 0 Å². The maximum absolute atomic E-state index is 11.6. The number of aryl methyl sites for hydroxylation is 3. The topological polar surface area (TPSA) is 61.0 Å². The van der Waals surface area contributed by atoms with Crippen molar-refractivity contribution in [3.63, 3.8) is 0 Å². The average Bonchev–Trinajstić information content (AvgIpc) is 3.23. The molecule has 1 aliphatic carbocycles. The van der Waals surface area contributed by atoms with Crippen LogP contribution in [0, 0.1) is 24.0 Å². The van der Waals surface area contributed by atoms with E-state index in [1.54, 1.807) is 6.92 Å². The Labute approximate surface area is 187 Å². The Morgan fingerprint density at radius 1 is 0.938 bits per heavy atom. The molecule has 0 N–H and O–H groups in total. The van der Waals surface area contributed by atoms with Crippen LogP contribution in [0.3, 0.4) is 0 Å². The molecule has 5 heteroatoms. The first kappa shape index (κ1) is 20.4. The van der Waals surface area contributed by atoms with Crippen LogP contribution in [-0.2, 0) is 12.0 Å². The number of imidazole rings is 1. The van der Waals surface area contributed by atoms with Gasteiger partial charge < -0.3 is 4.57 Å². The zero-order chi connectivity index (χ0) is 22.5. The SMILES string of the molecule is Cc1ccc2c(nc(C)n2CCCCC2(C)c3ccccc3-c3ccccc32)c1[N+](=O)[O-]. The summed E-state index contributed by atoms with van der Waals surface area (Å²) in [6.45, 7) is 6.87. The highest BCUT2D eigenvalue weighted by Gasteiger charge is 2.38. The third kappa shape index (κ3) is 3.03. The van der Waals surface area contributed by atoms with Crippen LogP contribution in [0.15, 0.2) is 60.7 Å². The van der Waals surface area contributed by atoms with Gasteiger partial charge in [0, 0.05) is 17.5 Å². The van der Waals surface area contributed by atoms with Gasteiger partial charge in [0.25, 0.3) is 5.69 Å². The molecule has 1 heterocycles. The summed E-state index contributed by atoms with van der Waals surface area (Å²) < 4.78 is 2.13. The number of hydrogen-bond donors (Lipinski definition) is 0. The number of benzene rings is 3. The van der Waals surface area contributed by atoms with Crippen molar-refractivity contribution in [2.45, 2.75) is 52.0 Å². The van der Waals surface area contributed by atoms with Gasteiger partial charge in [-0.25, -0.2) is 4.98 Å². The summed E-state index contributed by atoms with van der Waals surface area (Å²) in [7, 11) is 0. The van der Waals surface area contributed by atoms with E-state index in [4.69, 9.17) is 0 Å². The van der Waals surface area contributed by atoms with Crippen molar-refractivity contribution >= 4 is 16.7 Å². The molecule has 1 aromatic heterocycles. The fourth-order valence-electron chi connectivity index (χ4n) is 5.47. The molecule has 0 unspecified atom stereocenters. The third-order valence-corrected chi connectivity index (χ3v) is 7.11. The summed E-state index contributed by atoms with van der Waals surface area (Å²) in [5, 5.41) is 11.6. The molecule has 0 aliphatic heterocycles. The molecule has 32 heavy (non-hydrogen) atoms. The lowest BCUT2D eigenvalue weighted by Gasteiger charge is -2.27. The zero-order valence-corrected chi connectivity index (χ0v) is 18.8. The largest absolute Gasteiger partial charge is 0.328 e. The second-order valence-corrected chi connectivity index (χ2v) is 9.05. The Kier molecular flexibility index (Phi) is 4.85. The second kappa shape index (κ2) is 7.59. The Bertz CT molecular complexity index is 1310. The van der Waals surface area contributed by atoms with E-state index in [1.165, 1.54) is 22.3 Å². The Hall–Kier alpha value is -3.47. The van der Waals surface area contributed by atoms with Crippen molar-refractivity contribution in [2.75, 3.05) is 0 Å². The zero-order valence-electron chi connectivity index (χ0n) is 18.8. The van der Waals surface area contributed by atoms with Crippen LogP contribution in [0.5, 0.6) is 0 Å². The molecule has 0 amide bonds. The highest BCUT2D eigenvalue weighted by Crippen LogP contribution is 2.51. The van der Waals surface area contributed by atoms with E-state index < -0.39 is 0 Å². The molecule has 3 aromatic carbocycles. The number of unbranched alkanes of at least 4 members (excludes halogenated alkanes) is 1. The number of aromatic nitrogens is 2. The van der Waals surface area contributed by atoms with Gasteiger partial charge in [0.15, 0.2) is 5.52 Å². The number of hydrogen-bond acceptors (Lipinski definition) is 3. The quantitative estimate of drug-likeness (QED) is 0.196. The Morgan fingerprint density at radius 2 is 1.56 bits per heavy atom. The predicted octanol–water partition coefficient (Wildman–Crippen LogP) is 6.72. The van der Waals surface area contributed by atoms with Crippen molar-refractivity contribution in [3.05, 3.63) is 93.3 Å². The molecule has 0 saturated carbocycles. The summed E-state index contributed by atoms with van der Waals surface area (Å²) >= 11 is 0. The third-order valence-electron chi connectivity index (χ3n) is 7.11. The monoisotopic (exact) mass is 425 g/mol. The van der Waals surface area contributed by atoms with Gasteiger partial charge in [-0.3, -0.25) is 10.1 Å². The van der Waals surface area contributed by atoms with Crippen molar-refractivity contribution in [2.24, 2.45) is 0 Å². The number of fused-ring (bicyclic) bond motifs is 4. The van der Waals surface area contributed by atoms with E-state index in [0.717, 1.165) is 37.1 Å². The minimum absolute atomic E-state index is 0.00906. The summed E-state index contributed by atoms with van der Waals surface area (Å²) in [4.78, 5) is 15.8. The Balaban J connectivity index is 1.38. The van der Waals surface area contributed by atoms with Gasteiger partial charge in [0.05, 0.1) is 10.4 Å². The van der Waals surface area contributed by atoms with E-state index in [9.17, 15) is 10.1 Å². The van der Waals surface area contributed by atoms with Gasteiger partial charge in [0.1, 0.15) is 5.82 Å². The van der Waals surface area contributed by atoms with Gasteiger partial charge in [-0.1, -0.05) is 67.9 Å². The number of nitro groups is 1. The first-order chi connectivity index (χ1) is 15.4. The molecule has 4 aromatic rings. The molecule has 0 spiro atoms. The second-order valence-electron chi connectivity index (χ2n) is 9.05. The van der Waals surface area contributed by atoms with Crippen molar-refractivity contribution < 1.29 is 4.92 Å². The number of rotatable bonds is 6. The first-order valence-electron chi connectivity index (χ1n) is 11.2. The summed E-state index contributed by atoms with van der Waals surface area (Å²) in [6, 6.07) is 21.3. The molecule has 0 atom stereocenters. The highest BCUT2D eigenvalue weighted by molar-refractivity contribution is 5.87. The number of nitrogens with zero attached hydrogens (tertiary/aromatic N) is 3. The first-order valence-corrected chi connectivity index (χ1v) is 11.2. The van der Waals surface area contributed by atoms with Crippen LogP contribution in [0.25, 0.3) is 22.2 Å². The predicted molar refractivity (Wildman–Crippen MR) is 128 cm³/mol. The average molecular weight is 426 g/mol. The summed E-state index contributed by atoms with van der Waals surface area (Å²) in [5.74, 6) is 0.830. The molecular formula is C27H27N3O2. The van der Waals surface area contributed by atoms with Gasteiger partial charge in [-0.2, -0.15) is 0 Å².